The fourth-order valence-electron chi connectivity index (χ4n) is 5.13. The van der Waals surface area contributed by atoms with Crippen LogP contribution in [0.15, 0.2) is 90.3 Å². The second kappa shape index (κ2) is 14.7. The lowest BCUT2D eigenvalue weighted by Crippen LogP contribution is -2.48. The molecule has 44 heavy (non-hydrogen) atoms. The number of amides is 1. The van der Waals surface area contributed by atoms with Crippen molar-refractivity contribution in [3.8, 4) is 5.75 Å². The van der Waals surface area contributed by atoms with Gasteiger partial charge in [0.15, 0.2) is 0 Å². The molecule has 0 aliphatic carbocycles. The maximum Gasteiger partial charge on any atom is 0.416 e. The number of thiazole rings is 1. The van der Waals surface area contributed by atoms with E-state index in [9.17, 15) is 18.0 Å². The van der Waals surface area contributed by atoms with Crippen molar-refractivity contribution in [1.29, 1.82) is 0 Å². The van der Waals surface area contributed by atoms with Crippen LogP contribution < -0.4 is 4.74 Å². The van der Waals surface area contributed by atoms with Crippen LogP contribution in [-0.2, 0) is 25.8 Å². The number of hydrogen-bond acceptors (Lipinski definition) is 6. The highest BCUT2D eigenvalue weighted by atomic mass is 32.1. The minimum absolute atomic E-state index is 0.0911. The molecule has 1 amide bonds. The molecule has 0 unspecified atom stereocenters. The number of halogens is 3. The number of aromatic nitrogens is 1. The van der Waals surface area contributed by atoms with Crippen LogP contribution in [0.2, 0.25) is 0 Å². The van der Waals surface area contributed by atoms with Gasteiger partial charge in [-0.1, -0.05) is 72.8 Å². The Balaban J connectivity index is 1.21. The number of rotatable bonds is 11. The third-order valence-electron chi connectivity index (χ3n) is 7.49. The van der Waals surface area contributed by atoms with Crippen molar-refractivity contribution in [2.24, 2.45) is 0 Å². The second-order valence-electron chi connectivity index (χ2n) is 10.7. The summed E-state index contributed by atoms with van der Waals surface area (Å²) in [6.45, 7) is 4.83. The monoisotopic (exact) mass is 620 g/mol. The largest absolute Gasteiger partial charge is 0.497 e. The van der Waals surface area contributed by atoms with E-state index < -0.39 is 11.7 Å². The summed E-state index contributed by atoms with van der Waals surface area (Å²) in [5.41, 5.74) is 2.44. The number of carbonyl (C=O) groups excluding carboxylic acids is 1. The molecule has 0 atom stereocenters. The summed E-state index contributed by atoms with van der Waals surface area (Å²) >= 11 is 1.39. The van der Waals surface area contributed by atoms with Crippen molar-refractivity contribution in [2.45, 2.75) is 25.8 Å². The number of carbonyl (C=O) groups is 1. The molecule has 0 radical (unpaired) electrons. The Morgan fingerprint density at radius 1 is 0.932 bits per heavy atom. The van der Waals surface area contributed by atoms with Gasteiger partial charge in [0.05, 0.1) is 19.2 Å². The maximum atomic E-state index is 13.4. The van der Waals surface area contributed by atoms with Gasteiger partial charge in [-0.25, -0.2) is 4.98 Å². The van der Waals surface area contributed by atoms with Gasteiger partial charge in [0, 0.05) is 51.2 Å². The first kappa shape index (κ1) is 31.4. The normalized spacial score (nSPS) is 14.4. The highest BCUT2D eigenvalue weighted by Gasteiger charge is 2.30. The predicted molar refractivity (Wildman–Crippen MR) is 167 cm³/mol. The first-order chi connectivity index (χ1) is 21.3. The van der Waals surface area contributed by atoms with Gasteiger partial charge in [0.1, 0.15) is 16.5 Å². The summed E-state index contributed by atoms with van der Waals surface area (Å²) in [4.78, 5) is 24.1. The van der Waals surface area contributed by atoms with Gasteiger partial charge in [-0.2, -0.15) is 13.2 Å². The lowest BCUT2D eigenvalue weighted by Gasteiger charge is -2.33. The third-order valence-corrected chi connectivity index (χ3v) is 8.32. The van der Waals surface area contributed by atoms with Crippen molar-refractivity contribution in [3.63, 3.8) is 0 Å². The Labute approximate surface area is 260 Å². The quantitative estimate of drug-likeness (QED) is 0.184. The minimum atomic E-state index is -4.41. The zero-order valence-corrected chi connectivity index (χ0v) is 25.4. The van der Waals surface area contributed by atoms with Crippen LogP contribution >= 0.6 is 11.3 Å². The molecule has 10 heteroatoms. The molecule has 230 valence electrons. The SMILES string of the molecule is COc1ccc(CN(Cc2cccc(C(F)(F)F)c2)Cc2nc(C(=O)N3CCN(CC=Cc4ccccc4)CC3)cs2)cc1. The van der Waals surface area contributed by atoms with Gasteiger partial charge < -0.3 is 9.64 Å². The van der Waals surface area contributed by atoms with Gasteiger partial charge in [0.25, 0.3) is 5.91 Å². The highest BCUT2D eigenvalue weighted by molar-refractivity contribution is 7.09. The molecule has 1 aromatic heterocycles. The van der Waals surface area contributed by atoms with Crippen molar-refractivity contribution >= 4 is 23.3 Å². The van der Waals surface area contributed by atoms with E-state index >= 15 is 0 Å². The maximum absolute atomic E-state index is 13.4. The van der Waals surface area contributed by atoms with Gasteiger partial charge >= 0.3 is 6.18 Å². The van der Waals surface area contributed by atoms with E-state index in [-0.39, 0.29) is 5.91 Å². The van der Waals surface area contributed by atoms with E-state index in [2.05, 4.69) is 34.2 Å². The molecule has 0 N–H and O–H groups in total. The third kappa shape index (κ3) is 8.78. The fraction of sp³-hybridized carbons (Fsp3) is 0.294. The van der Waals surface area contributed by atoms with Crippen LogP contribution in [0, 0.1) is 0 Å². The summed E-state index contributed by atoms with van der Waals surface area (Å²) in [6, 6.07) is 23.2. The molecular weight excluding hydrogens is 585 g/mol. The van der Waals surface area contributed by atoms with Crippen LogP contribution in [0.3, 0.4) is 0 Å². The highest BCUT2D eigenvalue weighted by Crippen LogP contribution is 2.30. The van der Waals surface area contributed by atoms with Crippen molar-refractivity contribution in [2.75, 3.05) is 39.8 Å². The Hall–Kier alpha value is -3.99. The Morgan fingerprint density at radius 2 is 1.66 bits per heavy atom. The smallest absolute Gasteiger partial charge is 0.416 e. The number of ether oxygens (including phenoxy) is 1. The van der Waals surface area contributed by atoms with E-state index in [0.29, 0.717) is 44.0 Å². The zero-order chi connectivity index (χ0) is 30.9. The molecule has 3 aromatic carbocycles. The first-order valence-electron chi connectivity index (χ1n) is 14.5. The Kier molecular flexibility index (Phi) is 10.5. The molecule has 5 rings (SSSR count). The molecule has 4 aromatic rings. The number of hydrogen-bond donors (Lipinski definition) is 0. The fourth-order valence-corrected chi connectivity index (χ4v) is 5.94. The van der Waals surface area contributed by atoms with E-state index in [0.717, 1.165) is 47.6 Å². The average molecular weight is 621 g/mol. The van der Waals surface area contributed by atoms with Gasteiger partial charge in [0.2, 0.25) is 0 Å². The lowest BCUT2D eigenvalue weighted by molar-refractivity contribution is -0.137. The van der Waals surface area contributed by atoms with Crippen molar-refractivity contribution < 1.29 is 22.7 Å². The van der Waals surface area contributed by atoms with Gasteiger partial charge in [-0.05, 0) is 34.9 Å². The van der Waals surface area contributed by atoms with E-state index in [1.54, 1.807) is 18.6 Å². The van der Waals surface area contributed by atoms with Crippen LogP contribution in [-0.4, -0.2) is 65.4 Å². The second-order valence-corrected chi connectivity index (χ2v) is 11.7. The standard InChI is InChI=1S/C34H35F3N4O2S/c1-43-30-14-12-27(13-15-30)22-40(23-28-9-5-11-29(21-28)34(35,36)37)24-32-38-31(25-44-32)33(42)41-19-17-39(18-20-41)16-6-10-26-7-3-2-4-8-26/h2-15,21,25H,16-20,22-24H2,1H3. The average Bonchev–Trinajstić information content (AvgIpc) is 3.50. The zero-order valence-electron chi connectivity index (χ0n) is 24.5. The lowest BCUT2D eigenvalue weighted by atomic mass is 10.1. The Morgan fingerprint density at radius 3 is 2.36 bits per heavy atom. The first-order valence-corrected chi connectivity index (χ1v) is 15.3. The molecule has 6 nitrogen and oxygen atoms in total. The Bertz CT molecular complexity index is 1530. The van der Waals surface area contributed by atoms with Crippen LogP contribution in [0.25, 0.3) is 6.08 Å². The van der Waals surface area contributed by atoms with E-state index in [1.165, 1.54) is 23.5 Å². The van der Waals surface area contributed by atoms with Gasteiger partial charge in [-0.15, -0.1) is 11.3 Å². The molecule has 1 fully saturated rings. The van der Waals surface area contributed by atoms with Crippen molar-refractivity contribution in [3.05, 3.63) is 123 Å². The van der Waals surface area contributed by atoms with Gasteiger partial charge in [-0.3, -0.25) is 14.6 Å². The summed E-state index contributed by atoms with van der Waals surface area (Å²) in [6.07, 6.45) is -0.151. The number of benzene rings is 3. The molecule has 0 saturated carbocycles. The number of methoxy groups -OCH3 is 1. The summed E-state index contributed by atoms with van der Waals surface area (Å²) in [5, 5.41) is 2.51. The van der Waals surface area contributed by atoms with Crippen molar-refractivity contribution in [1.82, 2.24) is 19.7 Å². The van der Waals surface area contributed by atoms with E-state index in [4.69, 9.17) is 4.74 Å². The topological polar surface area (TPSA) is 48.9 Å². The number of alkyl halides is 3. The minimum Gasteiger partial charge on any atom is -0.497 e. The molecule has 1 saturated heterocycles. The van der Waals surface area contributed by atoms with E-state index in [1.807, 2.05) is 52.3 Å². The number of piperazine rings is 1. The number of nitrogens with zero attached hydrogens (tertiary/aromatic N) is 4. The summed E-state index contributed by atoms with van der Waals surface area (Å²) in [5.74, 6) is 0.636. The summed E-state index contributed by atoms with van der Waals surface area (Å²) in [7, 11) is 1.60. The molecular formula is C34H35F3N4O2S. The van der Waals surface area contributed by atoms with Crippen LogP contribution in [0.5, 0.6) is 5.75 Å². The molecule has 2 heterocycles. The van der Waals surface area contributed by atoms with Crippen LogP contribution in [0.1, 0.15) is 37.7 Å². The molecule has 1 aliphatic rings. The van der Waals surface area contributed by atoms with Crippen LogP contribution in [0.4, 0.5) is 13.2 Å². The predicted octanol–water partition coefficient (Wildman–Crippen LogP) is 6.84. The molecule has 1 aliphatic heterocycles. The summed E-state index contributed by atoms with van der Waals surface area (Å²) < 4.78 is 45.4. The molecule has 0 spiro atoms. The molecule has 0 bridgehead atoms.